The summed E-state index contributed by atoms with van der Waals surface area (Å²) in [5, 5.41) is 9.87. The van der Waals surface area contributed by atoms with E-state index >= 15 is 0 Å². The summed E-state index contributed by atoms with van der Waals surface area (Å²) in [5.41, 5.74) is 2.77. The Hall–Kier alpha value is -3.52. The third-order valence-electron chi connectivity index (χ3n) is 7.04. The number of ether oxygens (including phenoxy) is 3. The van der Waals surface area contributed by atoms with Crippen LogP contribution < -0.4 is 14.2 Å². The maximum atomic E-state index is 13.5. The van der Waals surface area contributed by atoms with Gasteiger partial charge in [-0.2, -0.15) is 0 Å². The molecule has 2 aromatic rings. The Bertz CT molecular complexity index is 1090. The number of methoxy groups -OCH3 is 3. The Kier molecular flexibility index (Phi) is 10.6. The fourth-order valence-corrected chi connectivity index (χ4v) is 4.77. The van der Waals surface area contributed by atoms with Gasteiger partial charge < -0.3 is 29.1 Å². The number of nitrogens with zero attached hydrogens (tertiary/aromatic N) is 2. The minimum Gasteiger partial charge on any atom is -0.493 e. The zero-order valence-electron chi connectivity index (χ0n) is 23.1. The van der Waals surface area contributed by atoms with Crippen LogP contribution in [-0.4, -0.2) is 80.3 Å². The lowest BCUT2D eigenvalue weighted by Gasteiger charge is -2.42. The van der Waals surface area contributed by atoms with E-state index in [0.717, 1.165) is 42.4 Å². The van der Waals surface area contributed by atoms with Crippen molar-refractivity contribution in [3.8, 4) is 28.4 Å². The summed E-state index contributed by atoms with van der Waals surface area (Å²) in [7, 11) is 6.36. The molecule has 1 unspecified atom stereocenters. The Labute approximate surface area is 225 Å². The minimum absolute atomic E-state index is 0.155. The first kappa shape index (κ1) is 29.0. The smallest absolute Gasteiger partial charge is 0.248 e. The second-order valence-corrected chi connectivity index (χ2v) is 9.44. The lowest BCUT2D eigenvalue weighted by Crippen LogP contribution is -2.65. The molecule has 38 heavy (non-hydrogen) atoms. The highest BCUT2D eigenvalue weighted by Crippen LogP contribution is 2.41. The van der Waals surface area contributed by atoms with Crippen molar-refractivity contribution >= 4 is 11.8 Å². The van der Waals surface area contributed by atoms with E-state index in [4.69, 9.17) is 14.2 Å². The molecule has 3 rings (SSSR count). The number of carbonyl (C=O) groups is 2. The lowest BCUT2D eigenvalue weighted by molar-refractivity contribution is -0.161. The Morgan fingerprint density at radius 1 is 0.868 bits per heavy atom. The van der Waals surface area contributed by atoms with Crippen molar-refractivity contribution in [2.75, 3.05) is 41.5 Å². The van der Waals surface area contributed by atoms with E-state index in [9.17, 15) is 14.7 Å². The van der Waals surface area contributed by atoms with Crippen molar-refractivity contribution in [1.29, 1.82) is 0 Å². The first-order valence-corrected chi connectivity index (χ1v) is 13.1. The summed E-state index contributed by atoms with van der Waals surface area (Å²) in [6.07, 6.45) is 8.71. The molecule has 2 aromatic carbocycles. The summed E-state index contributed by atoms with van der Waals surface area (Å²) in [6.45, 7) is 2.08. The molecule has 1 saturated heterocycles. The number of benzene rings is 2. The number of aliphatic hydroxyl groups is 1. The third-order valence-corrected chi connectivity index (χ3v) is 7.04. The third kappa shape index (κ3) is 6.48. The Morgan fingerprint density at radius 3 is 2.08 bits per heavy atom. The van der Waals surface area contributed by atoms with Gasteiger partial charge in [-0.15, -0.1) is 0 Å². The minimum atomic E-state index is -0.855. The highest BCUT2D eigenvalue weighted by Gasteiger charge is 2.43. The molecule has 206 valence electrons. The molecule has 2 atom stereocenters. The number of rotatable bonds is 13. The number of unbranched alkanes of at least 4 members (excludes halogenated alkanes) is 3. The zero-order chi connectivity index (χ0) is 27.7. The first-order valence-electron chi connectivity index (χ1n) is 13.1. The molecule has 0 aliphatic carbocycles. The highest BCUT2D eigenvalue weighted by molar-refractivity contribution is 5.97. The van der Waals surface area contributed by atoms with Crippen LogP contribution in [0.25, 0.3) is 11.1 Å². The average molecular weight is 525 g/mol. The predicted molar refractivity (Wildman–Crippen MR) is 148 cm³/mol. The summed E-state index contributed by atoms with van der Waals surface area (Å²) in [5.74, 6) is 1.26. The van der Waals surface area contributed by atoms with Crippen LogP contribution in [-0.2, 0) is 16.0 Å². The van der Waals surface area contributed by atoms with Gasteiger partial charge in [0.15, 0.2) is 11.5 Å². The molecule has 1 heterocycles. The van der Waals surface area contributed by atoms with E-state index in [1.165, 1.54) is 9.80 Å². The van der Waals surface area contributed by atoms with Crippen LogP contribution in [0.15, 0.2) is 48.6 Å². The maximum Gasteiger partial charge on any atom is 0.248 e. The fraction of sp³-hybridized carbons (Fsp3) is 0.467. The number of aliphatic hydroxyl groups excluding tert-OH is 1. The van der Waals surface area contributed by atoms with Crippen molar-refractivity contribution in [2.24, 2.45) is 0 Å². The summed E-state index contributed by atoms with van der Waals surface area (Å²) >= 11 is 0. The second kappa shape index (κ2) is 13.9. The molecule has 0 bridgehead atoms. The van der Waals surface area contributed by atoms with Crippen molar-refractivity contribution in [1.82, 2.24) is 9.80 Å². The number of hydrogen-bond acceptors (Lipinski definition) is 6. The highest BCUT2D eigenvalue weighted by atomic mass is 16.5. The van der Waals surface area contributed by atoms with Crippen LogP contribution in [0.4, 0.5) is 0 Å². The first-order chi connectivity index (χ1) is 18.4. The van der Waals surface area contributed by atoms with Crippen molar-refractivity contribution in [2.45, 2.75) is 51.1 Å². The molecule has 0 radical (unpaired) electrons. The lowest BCUT2D eigenvalue weighted by atomic mass is 9.96. The van der Waals surface area contributed by atoms with E-state index < -0.39 is 18.7 Å². The summed E-state index contributed by atoms with van der Waals surface area (Å²) in [4.78, 5) is 29.4. The molecule has 1 aliphatic heterocycles. The van der Waals surface area contributed by atoms with Crippen molar-refractivity contribution < 1.29 is 28.9 Å². The van der Waals surface area contributed by atoms with E-state index in [1.54, 1.807) is 28.4 Å². The van der Waals surface area contributed by atoms with Crippen LogP contribution in [0, 0.1) is 0 Å². The van der Waals surface area contributed by atoms with Crippen LogP contribution in [0.1, 0.15) is 38.2 Å². The number of carbonyl (C=O) groups excluding carboxylic acids is 2. The molecule has 0 saturated carbocycles. The number of piperazine rings is 1. The topological polar surface area (TPSA) is 88.5 Å². The van der Waals surface area contributed by atoms with Crippen LogP contribution in [0.3, 0.4) is 0 Å². The molecule has 8 nitrogen and oxygen atoms in total. The van der Waals surface area contributed by atoms with Crippen molar-refractivity contribution in [3.63, 3.8) is 0 Å². The molecule has 1 N–H and O–H groups in total. The van der Waals surface area contributed by atoms with E-state index in [0.29, 0.717) is 30.2 Å². The summed E-state index contributed by atoms with van der Waals surface area (Å²) < 4.78 is 16.4. The van der Waals surface area contributed by atoms with E-state index in [-0.39, 0.29) is 11.8 Å². The van der Waals surface area contributed by atoms with Crippen LogP contribution >= 0.6 is 0 Å². The van der Waals surface area contributed by atoms with E-state index in [1.807, 2.05) is 42.5 Å². The molecule has 8 heteroatoms. The van der Waals surface area contributed by atoms with Gasteiger partial charge in [-0.1, -0.05) is 56.2 Å². The molecular formula is C30H40N2O6. The van der Waals surface area contributed by atoms with Crippen LogP contribution in [0.5, 0.6) is 17.2 Å². The number of likely N-dealkylation sites (N-methyl/N-ethyl adjacent to an activating group) is 1. The Morgan fingerprint density at radius 2 is 1.53 bits per heavy atom. The van der Waals surface area contributed by atoms with Gasteiger partial charge in [0.05, 0.1) is 27.9 Å². The molecule has 1 fully saturated rings. The van der Waals surface area contributed by atoms with Crippen LogP contribution in [0.2, 0.25) is 0 Å². The largest absolute Gasteiger partial charge is 0.493 e. The SMILES string of the molecule is CCCCC/C=C/CN1C(=O)C(Cc2ccc(-c3cc(OC)c(OC)c(OC)c3)cc2)N(C)C(=O)[C@@H]1CO. The Balaban J connectivity index is 1.78. The number of amides is 2. The monoisotopic (exact) mass is 524 g/mol. The van der Waals surface area contributed by atoms with Gasteiger partial charge >= 0.3 is 0 Å². The standard InChI is InChI=1S/C30H40N2O6/c1-6-7-8-9-10-11-16-32-25(20-33)29(34)31(2)24(30(32)35)17-21-12-14-22(15-13-21)23-18-26(36-3)28(38-5)27(19-23)37-4/h10-15,18-19,24-25,33H,6-9,16-17,20H2,1-5H3/b11-10+/t24?,25-/m0/s1. The molecule has 0 spiro atoms. The van der Waals surface area contributed by atoms with Gasteiger partial charge in [-0.3, -0.25) is 9.59 Å². The van der Waals surface area contributed by atoms with Gasteiger partial charge in [0.1, 0.15) is 12.1 Å². The quantitative estimate of drug-likeness (QED) is 0.314. The average Bonchev–Trinajstić information content (AvgIpc) is 2.95. The maximum absolute atomic E-state index is 13.5. The molecular weight excluding hydrogens is 484 g/mol. The number of allylic oxidation sites excluding steroid dienone is 1. The number of hydrogen-bond donors (Lipinski definition) is 1. The molecule has 1 aliphatic rings. The second-order valence-electron chi connectivity index (χ2n) is 9.44. The molecule has 0 aromatic heterocycles. The zero-order valence-corrected chi connectivity index (χ0v) is 23.1. The van der Waals surface area contributed by atoms with Gasteiger partial charge in [-0.05, 0) is 41.7 Å². The summed E-state index contributed by atoms with van der Waals surface area (Å²) in [6, 6.07) is 10.1. The van der Waals surface area contributed by atoms with Gasteiger partial charge in [-0.25, -0.2) is 0 Å². The van der Waals surface area contributed by atoms with Gasteiger partial charge in [0.2, 0.25) is 17.6 Å². The van der Waals surface area contributed by atoms with Gasteiger partial charge in [0.25, 0.3) is 0 Å². The predicted octanol–water partition coefficient (Wildman–Crippen LogP) is 4.09. The van der Waals surface area contributed by atoms with Crippen molar-refractivity contribution in [3.05, 3.63) is 54.1 Å². The van der Waals surface area contributed by atoms with Gasteiger partial charge in [0, 0.05) is 20.0 Å². The fourth-order valence-electron chi connectivity index (χ4n) is 4.77. The van der Waals surface area contributed by atoms with E-state index in [2.05, 4.69) is 13.0 Å². The normalized spacial score (nSPS) is 17.8. The molecule has 2 amide bonds.